The molecule has 0 aliphatic carbocycles. The van der Waals surface area contributed by atoms with E-state index >= 15 is 0 Å². The van der Waals surface area contributed by atoms with E-state index in [9.17, 15) is 15.0 Å². The Morgan fingerprint density at radius 2 is 1.42 bits per heavy atom. The van der Waals surface area contributed by atoms with Crippen LogP contribution in [0.5, 0.6) is 0 Å². The third-order valence-electron chi connectivity index (χ3n) is 7.62. The molecule has 0 aromatic heterocycles. The van der Waals surface area contributed by atoms with Crippen LogP contribution in [0.4, 0.5) is 0 Å². The summed E-state index contributed by atoms with van der Waals surface area (Å²) < 4.78 is 25.1. The van der Waals surface area contributed by atoms with Crippen LogP contribution in [-0.2, 0) is 18.9 Å². The molecule has 2 heterocycles. The van der Waals surface area contributed by atoms with Crippen molar-refractivity contribution in [3.8, 4) is 0 Å². The second-order valence-corrected chi connectivity index (χ2v) is 10.2. The van der Waals surface area contributed by atoms with Gasteiger partial charge in [-0.2, -0.15) is 0 Å². The first-order chi connectivity index (χ1) is 18.3. The van der Waals surface area contributed by atoms with Crippen molar-refractivity contribution in [3.05, 3.63) is 106 Å². The standard InChI is InChI=1S/C31H34O7/c1-17-10-12-22(14-19(17)3)25-27-29(38-31(37-27)23-13-11-18(2)20(4)15-23)28(35-25)26(24(33)16-32)36-30(34)21-8-6-5-7-9-21/h5-15,24-29,31-33H,16H2,1-4H3/t24-,25?,26-,27?,28+,29+,31?/m1/s1. The lowest BCUT2D eigenvalue weighted by atomic mass is 9.96. The number of fused-ring (bicyclic) bond motifs is 1. The van der Waals surface area contributed by atoms with E-state index in [0.717, 1.165) is 27.8 Å². The second-order valence-electron chi connectivity index (χ2n) is 10.2. The number of aryl methyl sites for hydroxylation is 4. The van der Waals surface area contributed by atoms with Crippen molar-refractivity contribution in [1.29, 1.82) is 0 Å². The number of aliphatic hydroxyl groups is 2. The van der Waals surface area contributed by atoms with Gasteiger partial charge in [0.25, 0.3) is 0 Å². The molecule has 0 bridgehead atoms. The quantitative estimate of drug-likeness (QED) is 0.447. The van der Waals surface area contributed by atoms with Crippen LogP contribution < -0.4 is 0 Å². The van der Waals surface area contributed by atoms with Crippen molar-refractivity contribution in [2.75, 3.05) is 6.61 Å². The molecular formula is C31H34O7. The zero-order chi connectivity index (χ0) is 27.0. The van der Waals surface area contributed by atoms with Crippen molar-refractivity contribution in [2.24, 2.45) is 0 Å². The van der Waals surface area contributed by atoms with Crippen molar-refractivity contribution in [3.63, 3.8) is 0 Å². The van der Waals surface area contributed by atoms with Gasteiger partial charge in [-0.3, -0.25) is 0 Å². The average molecular weight is 519 g/mol. The smallest absolute Gasteiger partial charge is 0.338 e. The highest BCUT2D eigenvalue weighted by Gasteiger charge is 2.57. The van der Waals surface area contributed by atoms with Gasteiger partial charge in [-0.1, -0.05) is 54.6 Å². The highest BCUT2D eigenvalue weighted by atomic mass is 16.8. The Hall–Kier alpha value is -3.07. The van der Waals surface area contributed by atoms with Gasteiger partial charge in [0.05, 0.1) is 12.2 Å². The van der Waals surface area contributed by atoms with Crippen LogP contribution >= 0.6 is 0 Å². The molecule has 3 aromatic rings. The third-order valence-corrected chi connectivity index (χ3v) is 7.62. The van der Waals surface area contributed by atoms with Crippen LogP contribution in [0.2, 0.25) is 0 Å². The van der Waals surface area contributed by atoms with Gasteiger partial charge in [-0.05, 0) is 67.6 Å². The summed E-state index contributed by atoms with van der Waals surface area (Å²) in [5.74, 6) is -0.623. The monoisotopic (exact) mass is 518 g/mol. The highest BCUT2D eigenvalue weighted by molar-refractivity contribution is 5.89. The van der Waals surface area contributed by atoms with E-state index < -0.39 is 55.5 Å². The minimum Gasteiger partial charge on any atom is -0.453 e. The minimum atomic E-state index is -1.38. The Kier molecular flexibility index (Phi) is 7.66. The predicted octanol–water partition coefficient (Wildman–Crippen LogP) is 4.42. The van der Waals surface area contributed by atoms with Gasteiger partial charge < -0.3 is 29.2 Å². The summed E-state index contributed by atoms with van der Waals surface area (Å²) in [7, 11) is 0. The maximum Gasteiger partial charge on any atom is 0.338 e. The number of rotatable bonds is 7. The van der Waals surface area contributed by atoms with E-state index in [1.165, 1.54) is 5.56 Å². The van der Waals surface area contributed by atoms with Gasteiger partial charge in [0.1, 0.15) is 30.5 Å². The van der Waals surface area contributed by atoms with Crippen LogP contribution in [-0.4, -0.2) is 53.3 Å². The fourth-order valence-corrected chi connectivity index (χ4v) is 5.08. The molecule has 5 rings (SSSR count). The number of hydrogen-bond donors (Lipinski definition) is 2. The van der Waals surface area contributed by atoms with Crippen molar-refractivity contribution < 1.29 is 34.0 Å². The Balaban J connectivity index is 1.49. The van der Waals surface area contributed by atoms with Crippen molar-refractivity contribution in [1.82, 2.24) is 0 Å². The minimum absolute atomic E-state index is 0.333. The molecule has 0 saturated carbocycles. The number of benzene rings is 3. The zero-order valence-corrected chi connectivity index (χ0v) is 22.0. The number of carbonyl (C=O) groups excluding carboxylic acids is 1. The molecule has 2 aliphatic rings. The van der Waals surface area contributed by atoms with Gasteiger partial charge in [-0.15, -0.1) is 0 Å². The first kappa shape index (κ1) is 26.5. The van der Waals surface area contributed by atoms with E-state index in [4.69, 9.17) is 18.9 Å². The number of ether oxygens (including phenoxy) is 4. The molecule has 0 radical (unpaired) electrons. The van der Waals surface area contributed by atoms with Crippen LogP contribution in [0, 0.1) is 27.7 Å². The highest BCUT2D eigenvalue weighted by Crippen LogP contribution is 2.48. The summed E-state index contributed by atoms with van der Waals surface area (Å²) in [6.07, 6.45) is -5.78. The van der Waals surface area contributed by atoms with Gasteiger partial charge in [-0.25, -0.2) is 4.79 Å². The average Bonchev–Trinajstić information content (AvgIpc) is 3.50. The van der Waals surface area contributed by atoms with Crippen LogP contribution in [0.15, 0.2) is 66.7 Å². The Labute approximate surface area is 222 Å². The number of hydrogen-bond acceptors (Lipinski definition) is 7. The molecule has 0 spiro atoms. The van der Waals surface area contributed by atoms with E-state index in [0.29, 0.717) is 5.56 Å². The summed E-state index contributed by atoms with van der Waals surface area (Å²) in [5.41, 5.74) is 6.66. The lowest BCUT2D eigenvalue weighted by molar-refractivity contribution is -0.170. The number of carbonyl (C=O) groups is 1. The molecule has 3 aromatic carbocycles. The molecule has 0 amide bonds. The van der Waals surface area contributed by atoms with Crippen LogP contribution in [0.25, 0.3) is 0 Å². The molecule has 7 nitrogen and oxygen atoms in total. The third kappa shape index (κ3) is 5.13. The fourth-order valence-electron chi connectivity index (χ4n) is 5.08. The van der Waals surface area contributed by atoms with Gasteiger partial charge >= 0.3 is 5.97 Å². The number of esters is 1. The molecule has 3 unspecified atom stereocenters. The van der Waals surface area contributed by atoms with E-state index in [1.54, 1.807) is 30.3 Å². The maximum absolute atomic E-state index is 13.0. The molecule has 7 heteroatoms. The first-order valence-corrected chi connectivity index (χ1v) is 12.9. The maximum atomic E-state index is 13.0. The fraction of sp³-hybridized carbons (Fsp3) is 0.387. The number of aliphatic hydroxyl groups excluding tert-OH is 2. The Bertz CT molecular complexity index is 1290. The van der Waals surface area contributed by atoms with Crippen LogP contribution in [0.1, 0.15) is 56.1 Å². The molecule has 200 valence electrons. The molecule has 2 fully saturated rings. The summed E-state index contributed by atoms with van der Waals surface area (Å²) in [6.45, 7) is 7.55. The van der Waals surface area contributed by atoms with Gasteiger partial charge in [0.2, 0.25) is 0 Å². The zero-order valence-electron chi connectivity index (χ0n) is 22.0. The molecule has 38 heavy (non-hydrogen) atoms. The summed E-state index contributed by atoms with van der Waals surface area (Å²) in [5, 5.41) is 20.6. The summed E-state index contributed by atoms with van der Waals surface area (Å²) >= 11 is 0. The molecule has 2 aliphatic heterocycles. The lowest BCUT2D eigenvalue weighted by Crippen LogP contribution is -2.48. The largest absolute Gasteiger partial charge is 0.453 e. The van der Waals surface area contributed by atoms with E-state index in [-0.39, 0.29) is 0 Å². The lowest BCUT2D eigenvalue weighted by Gasteiger charge is -2.30. The molecule has 7 atom stereocenters. The van der Waals surface area contributed by atoms with Crippen molar-refractivity contribution >= 4 is 5.97 Å². The second kappa shape index (κ2) is 11.0. The van der Waals surface area contributed by atoms with Crippen LogP contribution in [0.3, 0.4) is 0 Å². The molecular weight excluding hydrogens is 484 g/mol. The van der Waals surface area contributed by atoms with Gasteiger partial charge in [0.15, 0.2) is 12.4 Å². The summed E-state index contributed by atoms with van der Waals surface area (Å²) in [4.78, 5) is 13.0. The SMILES string of the molecule is Cc1ccc(C2OC3C(c4ccc(C)c(C)c4)O[C@@H]([C@H](OC(=O)c4ccccc4)[C@H](O)CO)[C@H]3O2)cc1C. The Morgan fingerprint density at radius 3 is 2.05 bits per heavy atom. The first-order valence-electron chi connectivity index (χ1n) is 12.9. The topological polar surface area (TPSA) is 94.5 Å². The predicted molar refractivity (Wildman–Crippen MR) is 141 cm³/mol. The normalized spacial score (nSPS) is 26.1. The molecule has 2 N–H and O–H groups in total. The van der Waals surface area contributed by atoms with E-state index in [1.807, 2.05) is 58.0 Å². The molecule has 2 saturated heterocycles. The summed E-state index contributed by atoms with van der Waals surface area (Å²) in [6, 6.07) is 20.6. The van der Waals surface area contributed by atoms with Crippen molar-refractivity contribution in [2.45, 2.75) is 70.6 Å². The van der Waals surface area contributed by atoms with Gasteiger partial charge in [0, 0.05) is 5.56 Å². The van der Waals surface area contributed by atoms with E-state index in [2.05, 4.69) is 6.07 Å². The Morgan fingerprint density at radius 1 is 0.816 bits per heavy atom.